The Morgan fingerprint density at radius 3 is 2.60 bits per heavy atom. The van der Waals surface area contributed by atoms with Gasteiger partial charge < -0.3 is 21.1 Å². The lowest BCUT2D eigenvalue weighted by atomic mass is 10.3. The standard InChI is InChI=1S/C12H19N5O2S/c13-9-8-10(14)16-12(15-9)20-7-1-2-11(18)17-3-5-19-6-4-17/h8H,1-7H2,(H4,13,14,15,16). The Bertz CT molecular complexity index is 445. The highest BCUT2D eigenvalue weighted by Crippen LogP contribution is 2.18. The van der Waals surface area contributed by atoms with Gasteiger partial charge in [-0.15, -0.1) is 0 Å². The monoisotopic (exact) mass is 297 g/mol. The molecule has 1 aliphatic heterocycles. The van der Waals surface area contributed by atoms with E-state index in [4.69, 9.17) is 16.2 Å². The van der Waals surface area contributed by atoms with E-state index >= 15 is 0 Å². The van der Waals surface area contributed by atoms with Crippen LogP contribution in [0.4, 0.5) is 11.6 Å². The van der Waals surface area contributed by atoms with Crippen molar-refractivity contribution in [3.63, 3.8) is 0 Å². The van der Waals surface area contributed by atoms with Crippen molar-refractivity contribution in [1.82, 2.24) is 14.9 Å². The van der Waals surface area contributed by atoms with Crippen molar-refractivity contribution in [3.05, 3.63) is 6.07 Å². The summed E-state index contributed by atoms with van der Waals surface area (Å²) in [5, 5.41) is 0.557. The average Bonchev–Trinajstić information content (AvgIpc) is 2.43. The summed E-state index contributed by atoms with van der Waals surface area (Å²) < 4.78 is 5.22. The molecule has 2 heterocycles. The first-order valence-corrected chi connectivity index (χ1v) is 7.52. The van der Waals surface area contributed by atoms with E-state index in [1.54, 1.807) is 0 Å². The summed E-state index contributed by atoms with van der Waals surface area (Å²) in [6.45, 7) is 2.66. The molecule has 0 aromatic carbocycles. The number of anilines is 2. The molecule has 0 spiro atoms. The summed E-state index contributed by atoms with van der Waals surface area (Å²) in [5.41, 5.74) is 11.2. The van der Waals surface area contributed by atoms with E-state index in [-0.39, 0.29) is 5.91 Å². The third kappa shape index (κ3) is 4.53. The van der Waals surface area contributed by atoms with Gasteiger partial charge in [0, 0.05) is 31.3 Å². The molecule has 0 bridgehead atoms. The third-order valence-electron chi connectivity index (χ3n) is 2.88. The van der Waals surface area contributed by atoms with Crippen LogP contribution < -0.4 is 11.5 Å². The number of hydrogen-bond acceptors (Lipinski definition) is 7. The quantitative estimate of drug-likeness (QED) is 0.459. The highest BCUT2D eigenvalue weighted by atomic mass is 32.2. The summed E-state index contributed by atoms with van der Waals surface area (Å²) in [6, 6.07) is 1.52. The molecule has 0 aliphatic carbocycles. The molecule has 2 rings (SSSR count). The van der Waals surface area contributed by atoms with Crippen LogP contribution in [0.5, 0.6) is 0 Å². The molecule has 1 aliphatic rings. The number of nitrogen functional groups attached to an aromatic ring is 2. The molecule has 1 saturated heterocycles. The molecule has 0 saturated carbocycles. The number of ether oxygens (including phenoxy) is 1. The number of morpholine rings is 1. The Morgan fingerprint density at radius 2 is 1.95 bits per heavy atom. The maximum Gasteiger partial charge on any atom is 0.222 e. The first-order chi connectivity index (χ1) is 9.65. The second-order valence-electron chi connectivity index (χ2n) is 4.45. The van der Waals surface area contributed by atoms with Gasteiger partial charge in [-0.05, 0) is 6.42 Å². The Balaban J connectivity index is 1.69. The van der Waals surface area contributed by atoms with E-state index in [1.807, 2.05) is 4.90 Å². The van der Waals surface area contributed by atoms with Gasteiger partial charge in [0.2, 0.25) is 5.91 Å². The molecule has 1 aromatic rings. The lowest BCUT2D eigenvalue weighted by Gasteiger charge is -2.26. The van der Waals surface area contributed by atoms with Crippen LogP contribution >= 0.6 is 11.8 Å². The molecule has 8 heteroatoms. The first kappa shape index (κ1) is 14.9. The van der Waals surface area contributed by atoms with E-state index in [2.05, 4.69) is 9.97 Å². The van der Waals surface area contributed by atoms with Crippen LogP contribution in [0.15, 0.2) is 11.2 Å². The van der Waals surface area contributed by atoms with Gasteiger partial charge in [0.05, 0.1) is 13.2 Å². The summed E-state index contributed by atoms with van der Waals surface area (Å²) in [5.74, 6) is 1.68. The van der Waals surface area contributed by atoms with Gasteiger partial charge in [-0.25, -0.2) is 9.97 Å². The van der Waals surface area contributed by atoms with E-state index in [1.165, 1.54) is 17.8 Å². The van der Waals surface area contributed by atoms with Gasteiger partial charge in [-0.3, -0.25) is 4.79 Å². The van der Waals surface area contributed by atoms with E-state index in [9.17, 15) is 4.79 Å². The fraction of sp³-hybridized carbons (Fsp3) is 0.583. The summed E-state index contributed by atoms with van der Waals surface area (Å²) >= 11 is 1.46. The predicted octanol–water partition coefficient (Wildman–Crippen LogP) is 0.372. The van der Waals surface area contributed by atoms with Crippen molar-refractivity contribution in [3.8, 4) is 0 Å². The van der Waals surface area contributed by atoms with Gasteiger partial charge in [-0.2, -0.15) is 0 Å². The number of rotatable bonds is 5. The molecule has 7 nitrogen and oxygen atoms in total. The molecule has 20 heavy (non-hydrogen) atoms. The minimum absolute atomic E-state index is 0.182. The first-order valence-electron chi connectivity index (χ1n) is 6.53. The number of amides is 1. The number of aromatic nitrogens is 2. The van der Waals surface area contributed by atoms with Crippen LogP contribution in [-0.2, 0) is 9.53 Å². The van der Waals surface area contributed by atoms with Crippen LogP contribution in [-0.4, -0.2) is 52.8 Å². The highest BCUT2D eigenvalue weighted by Gasteiger charge is 2.16. The molecular weight excluding hydrogens is 278 g/mol. The van der Waals surface area contributed by atoms with Gasteiger partial charge in [0.25, 0.3) is 0 Å². The zero-order valence-corrected chi connectivity index (χ0v) is 12.1. The van der Waals surface area contributed by atoms with Gasteiger partial charge in [0.1, 0.15) is 11.6 Å². The second kappa shape index (κ2) is 7.30. The molecule has 110 valence electrons. The largest absolute Gasteiger partial charge is 0.383 e. The number of nitrogens with zero attached hydrogens (tertiary/aromatic N) is 3. The zero-order chi connectivity index (χ0) is 14.4. The van der Waals surface area contributed by atoms with Crippen molar-refractivity contribution >= 4 is 29.3 Å². The topological polar surface area (TPSA) is 107 Å². The second-order valence-corrected chi connectivity index (χ2v) is 5.51. The van der Waals surface area contributed by atoms with Crippen LogP contribution in [0.25, 0.3) is 0 Å². The lowest BCUT2D eigenvalue weighted by Crippen LogP contribution is -2.40. The molecule has 1 amide bonds. The number of carbonyl (C=O) groups excluding carboxylic acids is 1. The van der Waals surface area contributed by atoms with Crippen LogP contribution in [0.3, 0.4) is 0 Å². The van der Waals surface area contributed by atoms with E-state index < -0.39 is 0 Å². The number of thioether (sulfide) groups is 1. The minimum Gasteiger partial charge on any atom is -0.383 e. The molecule has 1 aromatic heterocycles. The Hall–Kier alpha value is -1.54. The molecule has 4 N–H and O–H groups in total. The van der Waals surface area contributed by atoms with Crippen LogP contribution in [0, 0.1) is 0 Å². The van der Waals surface area contributed by atoms with Crippen molar-refractivity contribution in [2.24, 2.45) is 0 Å². The van der Waals surface area contributed by atoms with Crippen LogP contribution in [0.2, 0.25) is 0 Å². The van der Waals surface area contributed by atoms with Gasteiger partial charge in [0.15, 0.2) is 5.16 Å². The molecule has 0 radical (unpaired) electrons. The van der Waals surface area contributed by atoms with E-state index in [0.717, 1.165) is 12.2 Å². The highest BCUT2D eigenvalue weighted by molar-refractivity contribution is 7.99. The zero-order valence-electron chi connectivity index (χ0n) is 11.2. The summed E-state index contributed by atoms with van der Waals surface area (Å²) in [6.07, 6.45) is 1.31. The maximum atomic E-state index is 11.9. The van der Waals surface area contributed by atoms with E-state index in [0.29, 0.717) is 49.5 Å². The number of nitrogens with two attached hydrogens (primary N) is 2. The predicted molar refractivity (Wildman–Crippen MR) is 78.2 cm³/mol. The van der Waals surface area contributed by atoms with Crippen LogP contribution in [0.1, 0.15) is 12.8 Å². The SMILES string of the molecule is Nc1cc(N)nc(SCCCC(=O)N2CCOCC2)n1. The molecule has 1 fully saturated rings. The van der Waals surface area contributed by atoms with Crippen molar-refractivity contribution in [1.29, 1.82) is 0 Å². The summed E-state index contributed by atoms with van der Waals surface area (Å²) in [7, 11) is 0. The molecular formula is C12H19N5O2S. The molecule has 0 unspecified atom stereocenters. The third-order valence-corrected chi connectivity index (χ3v) is 3.81. The number of hydrogen-bond donors (Lipinski definition) is 2. The van der Waals surface area contributed by atoms with Crippen molar-refractivity contribution in [2.45, 2.75) is 18.0 Å². The Kier molecular flexibility index (Phi) is 5.42. The van der Waals surface area contributed by atoms with Gasteiger partial charge >= 0.3 is 0 Å². The smallest absolute Gasteiger partial charge is 0.222 e. The van der Waals surface area contributed by atoms with Gasteiger partial charge in [-0.1, -0.05) is 11.8 Å². The average molecular weight is 297 g/mol. The van der Waals surface area contributed by atoms with Crippen molar-refractivity contribution < 1.29 is 9.53 Å². The fourth-order valence-electron chi connectivity index (χ4n) is 1.88. The maximum absolute atomic E-state index is 11.9. The summed E-state index contributed by atoms with van der Waals surface area (Å²) in [4.78, 5) is 21.9. The van der Waals surface area contributed by atoms with Crippen molar-refractivity contribution in [2.75, 3.05) is 43.5 Å². The fourth-order valence-corrected chi connectivity index (χ4v) is 2.70. The Labute approximate surface area is 122 Å². The normalized spacial score (nSPS) is 15.3. The Morgan fingerprint density at radius 1 is 1.30 bits per heavy atom. The minimum atomic E-state index is 0.182. The lowest BCUT2D eigenvalue weighted by molar-refractivity contribution is -0.135. The molecule has 0 atom stereocenters. The number of carbonyl (C=O) groups is 1.